The average Bonchev–Trinajstić information content (AvgIpc) is 2.94. The number of aldehydes is 1. The van der Waals surface area contributed by atoms with Gasteiger partial charge in [-0.15, -0.1) is 0 Å². The van der Waals surface area contributed by atoms with E-state index in [1.54, 1.807) is 13.0 Å². The average molecular weight is 339 g/mol. The van der Waals surface area contributed by atoms with Crippen LogP contribution in [0.25, 0.3) is 10.9 Å². The van der Waals surface area contributed by atoms with Crippen molar-refractivity contribution >= 4 is 34.9 Å². The van der Waals surface area contributed by atoms with Crippen molar-refractivity contribution in [3.63, 3.8) is 0 Å². The Balaban J connectivity index is 2.18. The van der Waals surface area contributed by atoms with Crippen LogP contribution in [-0.4, -0.2) is 23.8 Å². The molecule has 0 fully saturated rings. The Morgan fingerprint density at radius 2 is 1.96 bits per heavy atom. The molecule has 24 heavy (non-hydrogen) atoms. The molecule has 0 amide bonds. The molecule has 1 aromatic heterocycles. The predicted octanol–water partition coefficient (Wildman–Crippen LogP) is 4.62. The summed E-state index contributed by atoms with van der Waals surface area (Å²) in [5.41, 5.74) is 2.66. The molecule has 0 radical (unpaired) electrons. The molecule has 0 atom stereocenters. The summed E-state index contributed by atoms with van der Waals surface area (Å²) in [4.78, 5) is 28.6. The molecule has 0 unspecified atom stereocenters. The number of H-pyrrole nitrogens is 1. The highest BCUT2D eigenvalue weighted by molar-refractivity contribution is 7.99. The van der Waals surface area contributed by atoms with E-state index in [0.29, 0.717) is 17.9 Å². The molecule has 0 aliphatic heterocycles. The first-order chi connectivity index (χ1) is 11.7. The number of aromatic amines is 1. The Morgan fingerprint density at radius 1 is 1.21 bits per heavy atom. The number of benzene rings is 2. The van der Waals surface area contributed by atoms with Crippen LogP contribution in [0.15, 0.2) is 52.3 Å². The maximum Gasteiger partial charge on any atom is 0.355 e. The van der Waals surface area contributed by atoms with E-state index in [-0.39, 0.29) is 5.97 Å². The number of aromatic nitrogens is 1. The summed E-state index contributed by atoms with van der Waals surface area (Å²) >= 11 is 1.52. The van der Waals surface area contributed by atoms with Crippen molar-refractivity contribution in [2.24, 2.45) is 0 Å². The molecule has 0 bridgehead atoms. The van der Waals surface area contributed by atoms with Crippen molar-refractivity contribution in [1.29, 1.82) is 0 Å². The first-order valence-electron chi connectivity index (χ1n) is 7.66. The van der Waals surface area contributed by atoms with E-state index < -0.39 is 0 Å². The maximum absolute atomic E-state index is 12.1. The molecule has 0 aliphatic carbocycles. The minimum Gasteiger partial charge on any atom is -0.461 e. The van der Waals surface area contributed by atoms with E-state index in [1.807, 2.05) is 43.3 Å². The first-order valence-corrected chi connectivity index (χ1v) is 8.47. The summed E-state index contributed by atoms with van der Waals surface area (Å²) in [5.74, 6) is -0.380. The lowest BCUT2D eigenvalue weighted by atomic mass is 10.1. The fraction of sp³-hybridized carbons (Fsp3) is 0.158. The number of fused-ring (bicyclic) bond motifs is 1. The van der Waals surface area contributed by atoms with Gasteiger partial charge in [-0.1, -0.05) is 30.0 Å². The van der Waals surface area contributed by atoms with Gasteiger partial charge in [0.2, 0.25) is 0 Å². The van der Waals surface area contributed by atoms with Gasteiger partial charge in [0.05, 0.1) is 6.61 Å². The molecule has 0 spiro atoms. The highest BCUT2D eigenvalue weighted by Crippen LogP contribution is 2.38. The molecule has 0 saturated heterocycles. The van der Waals surface area contributed by atoms with Gasteiger partial charge in [0.1, 0.15) is 5.69 Å². The van der Waals surface area contributed by atoms with Crippen molar-refractivity contribution in [2.45, 2.75) is 23.6 Å². The van der Waals surface area contributed by atoms with Crippen LogP contribution < -0.4 is 0 Å². The number of hydrogen-bond donors (Lipinski definition) is 1. The van der Waals surface area contributed by atoms with Crippen LogP contribution in [0, 0.1) is 6.92 Å². The van der Waals surface area contributed by atoms with Crippen LogP contribution in [0.4, 0.5) is 0 Å². The molecular formula is C19H17NO3S. The summed E-state index contributed by atoms with van der Waals surface area (Å²) in [6.07, 6.45) is 0.848. The van der Waals surface area contributed by atoms with Gasteiger partial charge in [-0.25, -0.2) is 4.79 Å². The number of ether oxygens (including phenoxy) is 1. The molecule has 0 aliphatic rings. The van der Waals surface area contributed by atoms with Crippen LogP contribution >= 0.6 is 11.8 Å². The monoisotopic (exact) mass is 339 g/mol. The van der Waals surface area contributed by atoms with Crippen LogP contribution in [0.3, 0.4) is 0 Å². The van der Waals surface area contributed by atoms with E-state index in [0.717, 1.165) is 32.5 Å². The van der Waals surface area contributed by atoms with Gasteiger partial charge < -0.3 is 9.72 Å². The zero-order chi connectivity index (χ0) is 17.1. The van der Waals surface area contributed by atoms with Crippen molar-refractivity contribution in [2.75, 3.05) is 6.61 Å². The highest BCUT2D eigenvalue weighted by Gasteiger charge is 2.20. The Hall–Kier alpha value is -2.53. The van der Waals surface area contributed by atoms with Crippen LogP contribution in [0.1, 0.15) is 33.3 Å². The third-order valence-corrected chi connectivity index (χ3v) is 4.92. The van der Waals surface area contributed by atoms with Crippen LogP contribution in [-0.2, 0) is 4.74 Å². The van der Waals surface area contributed by atoms with Crippen molar-refractivity contribution in [3.05, 3.63) is 59.3 Å². The largest absolute Gasteiger partial charge is 0.461 e. The topological polar surface area (TPSA) is 59.2 Å². The lowest BCUT2D eigenvalue weighted by Gasteiger charge is -2.08. The van der Waals surface area contributed by atoms with Gasteiger partial charge in [0.25, 0.3) is 0 Å². The molecular weight excluding hydrogens is 322 g/mol. The fourth-order valence-electron chi connectivity index (χ4n) is 2.65. The third-order valence-electron chi connectivity index (χ3n) is 3.77. The number of nitrogens with one attached hydrogen (secondary N) is 1. The van der Waals surface area contributed by atoms with Crippen molar-refractivity contribution in [3.8, 4) is 0 Å². The second-order valence-electron chi connectivity index (χ2n) is 5.28. The quantitative estimate of drug-likeness (QED) is 0.544. The number of rotatable bonds is 5. The number of hydrogen-bond acceptors (Lipinski definition) is 4. The number of carbonyl (C=O) groups is 2. The van der Waals surface area contributed by atoms with E-state index in [4.69, 9.17) is 4.74 Å². The minimum absolute atomic E-state index is 0.318. The highest BCUT2D eigenvalue weighted by atomic mass is 32.2. The second kappa shape index (κ2) is 6.93. The summed E-state index contributed by atoms with van der Waals surface area (Å²) < 4.78 is 5.11. The summed E-state index contributed by atoms with van der Waals surface area (Å²) in [5, 5.41) is 0.886. The van der Waals surface area contributed by atoms with Gasteiger partial charge in [0.15, 0.2) is 6.29 Å². The molecule has 2 aromatic carbocycles. The van der Waals surface area contributed by atoms with Crippen LogP contribution in [0.5, 0.6) is 0 Å². The summed E-state index contributed by atoms with van der Waals surface area (Å²) in [6, 6.07) is 13.4. The lowest BCUT2D eigenvalue weighted by molar-refractivity contribution is 0.0519. The minimum atomic E-state index is -0.380. The molecule has 3 aromatic rings. The second-order valence-corrected chi connectivity index (χ2v) is 6.37. The molecule has 0 saturated carbocycles. The van der Waals surface area contributed by atoms with Gasteiger partial charge >= 0.3 is 5.97 Å². The van der Waals surface area contributed by atoms with E-state index in [2.05, 4.69) is 4.98 Å². The molecule has 4 nitrogen and oxygen atoms in total. The van der Waals surface area contributed by atoms with Gasteiger partial charge in [-0.05, 0) is 43.7 Å². The van der Waals surface area contributed by atoms with Crippen molar-refractivity contribution in [1.82, 2.24) is 4.98 Å². The zero-order valence-corrected chi connectivity index (χ0v) is 14.3. The zero-order valence-electron chi connectivity index (χ0n) is 13.5. The Morgan fingerprint density at radius 3 is 2.62 bits per heavy atom. The summed E-state index contributed by atoms with van der Waals surface area (Å²) in [7, 11) is 0. The molecule has 122 valence electrons. The Labute approximate surface area is 144 Å². The third kappa shape index (κ3) is 2.95. The SMILES string of the molecule is CCOC(=O)c1[nH]c2ccc(C=O)c(Sc3ccccc3)c2c1C. The predicted molar refractivity (Wildman–Crippen MR) is 94.9 cm³/mol. The smallest absolute Gasteiger partial charge is 0.355 e. The molecule has 1 heterocycles. The standard InChI is InChI=1S/C19H17NO3S/c1-3-23-19(22)17-12(2)16-15(20-17)10-9-13(11-21)18(16)24-14-7-5-4-6-8-14/h4-11,20H,3H2,1-2H3. The first kappa shape index (κ1) is 16.3. The van der Waals surface area contributed by atoms with Gasteiger partial charge in [-0.3, -0.25) is 4.79 Å². The Kier molecular flexibility index (Phi) is 4.71. The van der Waals surface area contributed by atoms with Crippen molar-refractivity contribution < 1.29 is 14.3 Å². The Bertz CT molecular complexity index is 900. The summed E-state index contributed by atoms with van der Waals surface area (Å²) in [6.45, 7) is 3.96. The van der Waals surface area contributed by atoms with E-state index in [9.17, 15) is 9.59 Å². The molecule has 5 heteroatoms. The molecule has 1 N–H and O–H groups in total. The number of carbonyl (C=O) groups excluding carboxylic acids is 2. The number of esters is 1. The van der Waals surface area contributed by atoms with Gasteiger partial charge in [-0.2, -0.15) is 0 Å². The van der Waals surface area contributed by atoms with Gasteiger partial charge in [0, 0.05) is 26.3 Å². The fourth-order valence-corrected chi connectivity index (χ4v) is 3.77. The number of aryl methyl sites for hydroxylation is 1. The molecule has 3 rings (SSSR count). The van der Waals surface area contributed by atoms with E-state index >= 15 is 0 Å². The van der Waals surface area contributed by atoms with E-state index in [1.165, 1.54) is 11.8 Å². The van der Waals surface area contributed by atoms with Crippen LogP contribution in [0.2, 0.25) is 0 Å². The lowest BCUT2D eigenvalue weighted by Crippen LogP contribution is -2.06. The maximum atomic E-state index is 12.1. The normalized spacial score (nSPS) is 10.8.